The van der Waals surface area contributed by atoms with Crippen molar-refractivity contribution in [1.82, 2.24) is 0 Å². The fourth-order valence-electron chi connectivity index (χ4n) is 2.88. The minimum Gasteiger partial charge on any atom is -0.543 e. The molecule has 0 N–H and O–H groups in total. The Kier molecular flexibility index (Phi) is 6.15. The maximum Gasteiger partial charge on any atom is 0.309 e. The molecule has 0 bridgehead atoms. The van der Waals surface area contributed by atoms with Crippen LogP contribution in [0.5, 0.6) is 5.75 Å². The van der Waals surface area contributed by atoms with Crippen molar-refractivity contribution in [1.29, 1.82) is 0 Å². The maximum atomic E-state index is 11.7. The van der Waals surface area contributed by atoms with E-state index in [2.05, 4.69) is 52.1 Å². The molecule has 0 radical (unpaired) electrons. The van der Waals surface area contributed by atoms with Crippen LogP contribution >= 0.6 is 0 Å². The fraction of sp³-hybridized carbons (Fsp3) is 0.571. The lowest BCUT2D eigenvalue weighted by atomic mass is 9.86. The zero-order valence-electron chi connectivity index (χ0n) is 16.6. The average molecular weight is 361 g/mol. The number of esters is 1. The molecule has 0 fully saturated rings. The molecule has 4 heteroatoms. The predicted octanol–water partition coefficient (Wildman–Crippen LogP) is 5.74. The molecule has 0 atom stereocenters. The van der Waals surface area contributed by atoms with E-state index in [-0.39, 0.29) is 11.0 Å². The van der Waals surface area contributed by atoms with Crippen molar-refractivity contribution < 1.29 is 14.0 Å². The molecular formula is C21H32O3Si. The van der Waals surface area contributed by atoms with Gasteiger partial charge in [-0.25, -0.2) is 0 Å². The first-order chi connectivity index (χ1) is 11.7. The number of rotatable bonds is 5. The minimum atomic E-state index is -1.87. The van der Waals surface area contributed by atoms with Crippen molar-refractivity contribution in [3.05, 3.63) is 35.4 Å². The SMILES string of the molecule is CCOC(=O)C/C=C1/CCCc2c(O[Si](C)(C)C(C)(C)C)cccc21. The summed E-state index contributed by atoms with van der Waals surface area (Å²) in [5.41, 5.74) is 3.79. The topological polar surface area (TPSA) is 35.5 Å². The van der Waals surface area contributed by atoms with Gasteiger partial charge >= 0.3 is 5.97 Å². The Bertz CT molecular complexity index is 654. The van der Waals surface area contributed by atoms with Crippen LogP contribution in [0.1, 0.15) is 58.1 Å². The van der Waals surface area contributed by atoms with E-state index in [9.17, 15) is 4.79 Å². The number of fused-ring (bicyclic) bond motifs is 1. The second-order valence-corrected chi connectivity index (χ2v) is 13.0. The van der Waals surface area contributed by atoms with Crippen molar-refractivity contribution in [2.24, 2.45) is 0 Å². The van der Waals surface area contributed by atoms with Crippen molar-refractivity contribution in [3.63, 3.8) is 0 Å². The smallest absolute Gasteiger partial charge is 0.309 e. The molecule has 2 rings (SSSR count). The number of ether oxygens (including phenoxy) is 1. The Labute approximate surface area is 153 Å². The van der Waals surface area contributed by atoms with Gasteiger partial charge in [-0.2, -0.15) is 0 Å². The summed E-state index contributed by atoms with van der Waals surface area (Å²) in [5, 5.41) is 0.174. The Morgan fingerprint density at radius 3 is 2.60 bits per heavy atom. The molecular weight excluding hydrogens is 328 g/mol. The second-order valence-electron chi connectivity index (χ2n) is 8.24. The van der Waals surface area contributed by atoms with E-state index < -0.39 is 8.32 Å². The average Bonchev–Trinajstić information content (AvgIpc) is 2.52. The Hall–Kier alpha value is -1.55. The number of hydrogen-bond donors (Lipinski definition) is 0. The van der Waals surface area contributed by atoms with Gasteiger partial charge in [-0.05, 0) is 61.5 Å². The fourth-order valence-corrected chi connectivity index (χ4v) is 3.92. The molecule has 0 saturated heterocycles. The van der Waals surface area contributed by atoms with Crippen LogP contribution in [0.2, 0.25) is 18.1 Å². The molecule has 138 valence electrons. The van der Waals surface area contributed by atoms with Gasteiger partial charge in [0.05, 0.1) is 13.0 Å². The number of benzene rings is 1. The third-order valence-corrected chi connectivity index (χ3v) is 9.69. The van der Waals surface area contributed by atoms with Gasteiger partial charge in [0, 0.05) is 5.56 Å². The Morgan fingerprint density at radius 2 is 1.96 bits per heavy atom. The summed E-state index contributed by atoms with van der Waals surface area (Å²) in [6.07, 6.45) is 5.52. The molecule has 1 aromatic rings. The highest BCUT2D eigenvalue weighted by Gasteiger charge is 2.39. The molecule has 3 nitrogen and oxygen atoms in total. The van der Waals surface area contributed by atoms with Gasteiger partial charge in [0.1, 0.15) is 5.75 Å². The number of hydrogen-bond acceptors (Lipinski definition) is 3. The lowest BCUT2D eigenvalue weighted by Gasteiger charge is -2.37. The van der Waals surface area contributed by atoms with Crippen LogP contribution in [0.15, 0.2) is 24.3 Å². The van der Waals surface area contributed by atoms with Crippen LogP contribution in [0.25, 0.3) is 5.57 Å². The third-order valence-electron chi connectivity index (χ3n) is 5.34. The van der Waals surface area contributed by atoms with Crippen LogP contribution in [0.3, 0.4) is 0 Å². The number of allylic oxidation sites excluding steroid dienone is 1. The van der Waals surface area contributed by atoms with Crippen LogP contribution in [-0.2, 0) is 16.0 Å². The first-order valence-corrected chi connectivity index (χ1v) is 12.2. The number of carbonyl (C=O) groups excluding carboxylic acids is 1. The molecule has 0 heterocycles. The molecule has 0 unspecified atom stereocenters. The van der Waals surface area contributed by atoms with Gasteiger partial charge in [0.25, 0.3) is 0 Å². The monoisotopic (exact) mass is 360 g/mol. The predicted molar refractivity (Wildman–Crippen MR) is 106 cm³/mol. The summed E-state index contributed by atoms with van der Waals surface area (Å²) in [6.45, 7) is 13.6. The highest BCUT2D eigenvalue weighted by Crippen LogP contribution is 2.41. The molecule has 0 saturated carbocycles. The summed E-state index contributed by atoms with van der Waals surface area (Å²) < 4.78 is 11.6. The normalized spacial score (nSPS) is 16.5. The van der Waals surface area contributed by atoms with Gasteiger partial charge in [-0.3, -0.25) is 4.79 Å². The van der Waals surface area contributed by atoms with Gasteiger partial charge < -0.3 is 9.16 Å². The van der Waals surface area contributed by atoms with Crippen molar-refractivity contribution in [3.8, 4) is 5.75 Å². The molecule has 0 amide bonds. The second kappa shape index (κ2) is 7.77. The zero-order valence-corrected chi connectivity index (χ0v) is 17.6. The van der Waals surface area contributed by atoms with E-state index in [4.69, 9.17) is 9.16 Å². The lowest BCUT2D eigenvalue weighted by molar-refractivity contribution is -0.142. The minimum absolute atomic E-state index is 0.157. The van der Waals surface area contributed by atoms with Crippen molar-refractivity contribution in [2.45, 2.75) is 71.5 Å². The molecule has 0 aromatic heterocycles. The maximum absolute atomic E-state index is 11.7. The van der Waals surface area contributed by atoms with E-state index in [1.165, 1.54) is 16.7 Å². The van der Waals surface area contributed by atoms with Gasteiger partial charge in [0.15, 0.2) is 0 Å². The standard InChI is InChI=1S/C21H32O3Si/c1-7-23-20(22)15-14-16-10-8-12-18-17(16)11-9-13-19(18)24-25(5,6)21(2,3)4/h9,11,13-14H,7-8,10,12,15H2,1-6H3/b16-14-. The summed E-state index contributed by atoms with van der Waals surface area (Å²) in [7, 11) is -1.87. The van der Waals surface area contributed by atoms with E-state index in [0.717, 1.165) is 25.0 Å². The number of carbonyl (C=O) groups is 1. The lowest BCUT2D eigenvalue weighted by Crippen LogP contribution is -2.44. The summed E-state index contributed by atoms with van der Waals surface area (Å²) in [4.78, 5) is 11.7. The molecule has 0 aliphatic heterocycles. The van der Waals surface area contributed by atoms with Gasteiger partial charge in [0.2, 0.25) is 8.32 Å². The van der Waals surface area contributed by atoms with E-state index in [1.54, 1.807) is 0 Å². The molecule has 25 heavy (non-hydrogen) atoms. The Balaban J connectivity index is 2.29. The van der Waals surface area contributed by atoms with Crippen LogP contribution < -0.4 is 4.43 Å². The molecule has 0 spiro atoms. The largest absolute Gasteiger partial charge is 0.543 e. The van der Waals surface area contributed by atoms with Gasteiger partial charge in [-0.15, -0.1) is 0 Å². The van der Waals surface area contributed by atoms with Crippen LogP contribution in [0, 0.1) is 0 Å². The van der Waals surface area contributed by atoms with Crippen molar-refractivity contribution >= 4 is 19.9 Å². The first kappa shape index (κ1) is 19.8. The Morgan fingerprint density at radius 1 is 1.24 bits per heavy atom. The highest BCUT2D eigenvalue weighted by molar-refractivity contribution is 6.74. The van der Waals surface area contributed by atoms with E-state index >= 15 is 0 Å². The summed E-state index contributed by atoms with van der Waals surface area (Å²) in [5.74, 6) is 0.877. The third kappa shape index (κ3) is 4.75. The van der Waals surface area contributed by atoms with Gasteiger partial charge in [-0.1, -0.05) is 39.0 Å². The first-order valence-electron chi connectivity index (χ1n) is 9.31. The van der Waals surface area contributed by atoms with Crippen molar-refractivity contribution in [2.75, 3.05) is 6.61 Å². The quantitative estimate of drug-likeness (QED) is 0.496. The highest BCUT2D eigenvalue weighted by atomic mass is 28.4. The van der Waals surface area contributed by atoms with E-state index in [0.29, 0.717) is 13.0 Å². The van der Waals surface area contributed by atoms with Crippen LogP contribution in [-0.4, -0.2) is 20.9 Å². The zero-order chi connectivity index (χ0) is 18.7. The van der Waals surface area contributed by atoms with E-state index in [1.807, 2.05) is 13.0 Å². The molecule has 1 aliphatic carbocycles. The van der Waals surface area contributed by atoms with Crippen LogP contribution in [0.4, 0.5) is 0 Å². The summed E-state index contributed by atoms with van der Waals surface area (Å²) >= 11 is 0. The summed E-state index contributed by atoms with van der Waals surface area (Å²) in [6, 6.07) is 6.34. The molecule has 1 aliphatic rings. The molecule has 1 aromatic carbocycles.